The molecule has 0 bridgehead atoms. The van der Waals surface area contributed by atoms with Gasteiger partial charge in [-0.1, -0.05) is 11.6 Å². The number of hydrogen-bond donors (Lipinski definition) is 1. The molecule has 5 heteroatoms. The number of hydrogen-bond acceptors (Lipinski definition) is 3. The average Bonchev–Trinajstić information content (AvgIpc) is 1.86. The van der Waals surface area contributed by atoms with Gasteiger partial charge in [0.2, 0.25) is 0 Å². The minimum absolute atomic E-state index is 0.0479. The third-order valence-electron chi connectivity index (χ3n) is 1.37. The maximum atomic E-state index is 10.2. The van der Waals surface area contributed by atoms with E-state index in [1.807, 2.05) is 0 Å². The smallest absolute Gasteiger partial charge is 0.265 e. The molecule has 0 fully saturated rings. The van der Waals surface area contributed by atoms with Crippen molar-refractivity contribution in [3.05, 3.63) is 34.0 Å². The summed E-state index contributed by atoms with van der Waals surface area (Å²) in [6.07, 6.45) is 4.44. The van der Waals surface area contributed by atoms with E-state index in [9.17, 15) is 10.1 Å². The second-order valence-electron chi connectivity index (χ2n) is 2.35. The molecular weight excluding hydrogens is 168 g/mol. The fourth-order valence-corrected chi connectivity index (χ4v) is 0.897. The van der Waals surface area contributed by atoms with Crippen LogP contribution in [0.2, 0.25) is 0 Å². The van der Waals surface area contributed by atoms with E-state index < -0.39 is 9.92 Å². The van der Waals surface area contributed by atoms with Gasteiger partial charge in [-0.05, 0) is 12.2 Å². The number of halogens is 1. The molecule has 0 saturated carbocycles. The largest absolute Gasteiger partial charge is 0.309 e. The van der Waals surface area contributed by atoms with Crippen molar-refractivity contribution in [2.24, 2.45) is 5.73 Å². The van der Waals surface area contributed by atoms with E-state index in [0.29, 0.717) is 6.42 Å². The molecule has 0 amide bonds. The lowest BCUT2D eigenvalue weighted by Gasteiger charge is -2.16. The highest BCUT2D eigenvalue weighted by Gasteiger charge is 2.22. The first-order valence-electron chi connectivity index (χ1n) is 3.03. The number of nitrogens with two attached hydrogens (primary N) is 1. The Morgan fingerprint density at radius 1 is 1.82 bits per heavy atom. The van der Waals surface area contributed by atoms with Gasteiger partial charge in [0.15, 0.2) is 0 Å². The molecule has 1 rings (SSSR count). The Morgan fingerprint density at radius 3 is 2.82 bits per heavy atom. The summed E-state index contributed by atoms with van der Waals surface area (Å²) in [4.78, 5) is 8.75. The number of nitro groups is 1. The Hall–Kier alpha value is -0.870. The van der Waals surface area contributed by atoms with Crippen molar-refractivity contribution in [1.29, 1.82) is 0 Å². The summed E-state index contributed by atoms with van der Waals surface area (Å²) in [5.41, 5.74) is 5.50. The Morgan fingerprint density at radius 2 is 2.45 bits per heavy atom. The third kappa shape index (κ3) is 2.03. The zero-order chi connectivity index (χ0) is 8.48. The first-order chi connectivity index (χ1) is 5.01. The number of alkyl halides is 1. The second kappa shape index (κ2) is 2.64. The van der Waals surface area contributed by atoms with Crippen molar-refractivity contribution in [1.82, 2.24) is 0 Å². The minimum atomic E-state index is -0.945. The highest BCUT2D eigenvalue weighted by molar-refractivity contribution is 6.25. The van der Waals surface area contributed by atoms with Gasteiger partial charge >= 0.3 is 0 Å². The van der Waals surface area contributed by atoms with Crippen LogP contribution in [-0.4, -0.2) is 9.92 Å². The normalized spacial score (nSPS) is 29.8. The lowest BCUT2D eigenvalue weighted by Crippen LogP contribution is -2.31. The Bertz CT molecular complexity index is 245. The van der Waals surface area contributed by atoms with Gasteiger partial charge in [0, 0.05) is 12.5 Å². The molecule has 1 aliphatic carbocycles. The van der Waals surface area contributed by atoms with Crippen molar-refractivity contribution in [2.75, 3.05) is 0 Å². The first kappa shape index (κ1) is 8.23. The van der Waals surface area contributed by atoms with Crippen LogP contribution in [0.25, 0.3) is 0 Å². The molecule has 0 aromatic heterocycles. The molecule has 0 aliphatic heterocycles. The van der Waals surface area contributed by atoms with E-state index in [0.717, 1.165) is 0 Å². The summed E-state index contributed by atoms with van der Waals surface area (Å²) in [7, 11) is 0. The van der Waals surface area contributed by atoms with Crippen LogP contribution < -0.4 is 5.73 Å². The van der Waals surface area contributed by atoms with Gasteiger partial charge in [-0.15, -0.1) is 0 Å². The van der Waals surface area contributed by atoms with Gasteiger partial charge in [0.05, 0.1) is 4.92 Å². The maximum Gasteiger partial charge on any atom is 0.265 e. The summed E-state index contributed by atoms with van der Waals surface area (Å²) in [5.74, 6) is 0. The van der Waals surface area contributed by atoms with Crippen LogP contribution in [0.1, 0.15) is 6.42 Å². The molecule has 4 nitrogen and oxygen atoms in total. The topological polar surface area (TPSA) is 69.2 Å². The Labute approximate surface area is 68.5 Å². The molecule has 0 aromatic carbocycles. The number of allylic oxidation sites excluding steroid dienone is 1. The highest BCUT2D eigenvalue weighted by atomic mass is 35.5. The van der Waals surface area contributed by atoms with Gasteiger partial charge in [-0.25, -0.2) is 0 Å². The number of nitrogens with zero attached hydrogens (tertiary/aromatic N) is 1. The van der Waals surface area contributed by atoms with E-state index in [1.54, 1.807) is 0 Å². The molecule has 1 aliphatic rings. The lowest BCUT2D eigenvalue weighted by atomic mass is 10.1. The average molecular weight is 175 g/mol. The van der Waals surface area contributed by atoms with E-state index in [2.05, 4.69) is 0 Å². The zero-order valence-electron chi connectivity index (χ0n) is 5.66. The van der Waals surface area contributed by atoms with Gasteiger partial charge in [-0.3, -0.25) is 10.1 Å². The van der Waals surface area contributed by atoms with Crippen LogP contribution in [-0.2, 0) is 0 Å². The van der Waals surface area contributed by atoms with Crippen molar-refractivity contribution >= 4 is 11.6 Å². The lowest BCUT2D eigenvalue weighted by molar-refractivity contribution is -0.419. The fraction of sp³-hybridized carbons (Fsp3) is 0.333. The van der Waals surface area contributed by atoms with E-state index >= 15 is 0 Å². The van der Waals surface area contributed by atoms with Crippen molar-refractivity contribution in [2.45, 2.75) is 11.4 Å². The maximum absolute atomic E-state index is 10.2. The fourth-order valence-electron chi connectivity index (χ4n) is 0.756. The molecular formula is C6H7ClN2O2. The molecule has 0 saturated heterocycles. The summed E-state index contributed by atoms with van der Waals surface area (Å²) in [5, 5.41) is 10.2. The van der Waals surface area contributed by atoms with Gasteiger partial charge in [0.1, 0.15) is 5.00 Å². The van der Waals surface area contributed by atoms with Crippen LogP contribution in [0, 0.1) is 10.1 Å². The van der Waals surface area contributed by atoms with Crippen molar-refractivity contribution < 1.29 is 4.92 Å². The summed E-state index contributed by atoms with van der Waals surface area (Å²) >= 11 is 5.67. The molecule has 0 aromatic rings. The molecule has 11 heavy (non-hydrogen) atoms. The first-order valence-corrected chi connectivity index (χ1v) is 3.41. The molecule has 2 N–H and O–H groups in total. The SMILES string of the molecule is NC1(Cl)C=CC([N+](=O)[O-])=CC1. The van der Waals surface area contributed by atoms with Gasteiger partial charge in [-0.2, -0.15) is 0 Å². The quantitative estimate of drug-likeness (QED) is 0.279. The number of rotatable bonds is 1. The van der Waals surface area contributed by atoms with Crippen LogP contribution >= 0.6 is 11.6 Å². The van der Waals surface area contributed by atoms with Crippen LogP contribution in [0.5, 0.6) is 0 Å². The summed E-state index contributed by atoms with van der Waals surface area (Å²) < 4.78 is 0. The summed E-state index contributed by atoms with van der Waals surface area (Å²) in [6.45, 7) is 0. The molecule has 60 valence electrons. The van der Waals surface area contributed by atoms with Gasteiger partial charge < -0.3 is 5.73 Å². The molecule has 1 atom stereocenters. The Kier molecular flexibility index (Phi) is 1.97. The second-order valence-corrected chi connectivity index (χ2v) is 3.05. The monoisotopic (exact) mass is 174 g/mol. The standard InChI is InChI=1S/C6H7ClN2O2/c7-6(8)3-1-5(2-4-6)9(10)11/h1-3H,4,8H2. The van der Waals surface area contributed by atoms with E-state index in [4.69, 9.17) is 17.3 Å². The predicted molar refractivity (Wildman–Crippen MR) is 41.6 cm³/mol. The highest BCUT2D eigenvalue weighted by Crippen LogP contribution is 2.21. The molecule has 1 unspecified atom stereocenters. The van der Waals surface area contributed by atoms with E-state index in [1.165, 1.54) is 18.2 Å². The minimum Gasteiger partial charge on any atom is -0.309 e. The molecule has 0 heterocycles. The van der Waals surface area contributed by atoms with Crippen LogP contribution in [0.4, 0.5) is 0 Å². The molecule has 0 spiro atoms. The van der Waals surface area contributed by atoms with E-state index in [-0.39, 0.29) is 5.70 Å². The van der Waals surface area contributed by atoms with Gasteiger partial charge in [0.25, 0.3) is 5.70 Å². The predicted octanol–water partition coefficient (Wildman–Crippen LogP) is 1.00. The van der Waals surface area contributed by atoms with Crippen LogP contribution in [0.3, 0.4) is 0 Å². The zero-order valence-corrected chi connectivity index (χ0v) is 6.41. The molecule has 0 radical (unpaired) electrons. The Balaban J connectivity index is 2.75. The van der Waals surface area contributed by atoms with Crippen LogP contribution in [0.15, 0.2) is 23.9 Å². The van der Waals surface area contributed by atoms with Crippen molar-refractivity contribution in [3.63, 3.8) is 0 Å². The third-order valence-corrected chi connectivity index (χ3v) is 1.65. The van der Waals surface area contributed by atoms with Crippen molar-refractivity contribution in [3.8, 4) is 0 Å². The summed E-state index contributed by atoms with van der Waals surface area (Å²) in [6, 6.07) is 0.